The number of benzene rings is 2. The van der Waals surface area contributed by atoms with Gasteiger partial charge in [0.2, 0.25) is 5.91 Å². The van der Waals surface area contributed by atoms with Crippen molar-refractivity contribution in [2.24, 2.45) is 0 Å². The standard InChI is InChI=1S/C24H33N3O4/c1-4-27(5-2)15-14-25-24(29)21-12-11-20(17-22(21)30-3)26-23(28)13-16-31-18-19-9-7-6-8-10-19/h6-12,17H,4-5,13-16,18H2,1-3H3,(H,25,29)(H,26,28). The Bertz CT molecular complexity index is 823. The van der Waals surface area contributed by atoms with E-state index in [9.17, 15) is 9.59 Å². The molecule has 0 unspecified atom stereocenters. The van der Waals surface area contributed by atoms with E-state index in [2.05, 4.69) is 29.4 Å². The van der Waals surface area contributed by atoms with Gasteiger partial charge in [-0.1, -0.05) is 44.2 Å². The van der Waals surface area contributed by atoms with Gasteiger partial charge < -0.3 is 25.0 Å². The SMILES string of the molecule is CCN(CC)CCNC(=O)c1ccc(NC(=O)CCOCc2ccccc2)cc1OC. The van der Waals surface area contributed by atoms with Gasteiger partial charge in [0.1, 0.15) is 5.75 Å². The van der Waals surface area contributed by atoms with E-state index in [1.807, 2.05) is 30.3 Å². The van der Waals surface area contributed by atoms with Gasteiger partial charge in [-0.2, -0.15) is 0 Å². The number of carbonyl (C=O) groups excluding carboxylic acids is 2. The highest BCUT2D eigenvalue weighted by Crippen LogP contribution is 2.23. The molecule has 0 radical (unpaired) electrons. The van der Waals surface area contributed by atoms with Gasteiger partial charge in [0.05, 0.1) is 32.3 Å². The Morgan fingerprint density at radius 2 is 1.77 bits per heavy atom. The zero-order valence-corrected chi connectivity index (χ0v) is 18.6. The molecule has 2 rings (SSSR count). The minimum Gasteiger partial charge on any atom is -0.496 e. The minimum absolute atomic E-state index is 0.161. The van der Waals surface area contributed by atoms with Crippen molar-refractivity contribution in [2.45, 2.75) is 26.9 Å². The van der Waals surface area contributed by atoms with E-state index in [0.717, 1.165) is 25.2 Å². The highest BCUT2D eigenvalue weighted by atomic mass is 16.5. The zero-order valence-electron chi connectivity index (χ0n) is 18.6. The molecule has 0 bridgehead atoms. The Morgan fingerprint density at radius 3 is 2.45 bits per heavy atom. The molecule has 0 aliphatic rings. The monoisotopic (exact) mass is 427 g/mol. The lowest BCUT2D eigenvalue weighted by atomic mass is 10.1. The summed E-state index contributed by atoms with van der Waals surface area (Å²) in [5.41, 5.74) is 2.08. The van der Waals surface area contributed by atoms with Crippen LogP contribution in [0.3, 0.4) is 0 Å². The molecule has 0 aromatic heterocycles. The molecular formula is C24H33N3O4. The molecule has 2 N–H and O–H groups in total. The van der Waals surface area contributed by atoms with Crippen LogP contribution in [-0.2, 0) is 16.1 Å². The zero-order chi connectivity index (χ0) is 22.5. The summed E-state index contributed by atoms with van der Waals surface area (Å²) in [6.07, 6.45) is 0.239. The van der Waals surface area contributed by atoms with Crippen molar-refractivity contribution in [3.05, 3.63) is 59.7 Å². The van der Waals surface area contributed by atoms with Gasteiger partial charge in [0, 0.05) is 24.8 Å². The number of likely N-dealkylation sites (N-methyl/N-ethyl adjacent to an activating group) is 1. The molecule has 0 spiro atoms. The van der Waals surface area contributed by atoms with E-state index in [1.165, 1.54) is 7.11 Å². The van der Waals surface area contributed by atoms with Crippen LogP contribution in [0.5, 0.6) is 5.75 Å². The maximum atomic E-state index is 12.5. The van der Waals surface area contributed by atoms with E-state index in [4.69, 9.17) is 9.47 Å². The predicted molar refractivity (Wildman–Crippen MR) is 122 cm³/mol. The molecule has 2 aromatic carbocycles. The lowest BCUT2D eigenvalue weighted by Gasteiger charge is -2.18. The molecule has 0 saturated heterocycles. The Balaban J connectivity index is 1.81. The maximum Gasteiger partial charge on any atom is 0.255 e. The minimum atomic E-state index is -0.198. The summed E-state index contributed by atoms with van der Waals surface area (Å²) in [5.74, 6) is 0.0567. The first-order valence-electron chi connectivity index (χ1n) is 10.7. The average molecular weight is 428 g/mol. The molecule has 31 heavy (non-hydrogen) atoms. The van der Waals surface area contributed by atoms with Crippen LogP contribution in [0.4, 0.5) is 5.69 Å². The van der Waals surface area contributed by atoms with Crippen molar-refractivity contribution in [1.29, 1.82) is 0 Å². The first-order chi connectivity index (χ1) is 15.1. The van der Waals surface area contributed by atoms with Crippen LogP contribution in [0.15, 0.2) is 48.5 Å². The largest absolute Gasteiger partial charge is 0.496 e. The van der Waals surface area contributed by atoms with Crippen LogP contribution in [0.25, 0.3) is 0 Å². The molecule has 0 saturated carbocycles. The van der Waals surface area contributed by atoms with E-state index in [-0.39, 0.29) is 18.2 Å². The molecule has 7 heteroatoms. The van der Waals surface area contributed by atoms with Gasteiger partial charge in [0.15, 0.2) is 0 Å². The third kappa shape index (κ3) is 8.39. The lowest BCUT2D eigenvalue weighted by molar-refractivity contribution is -0.117. The second-order valence-electron chi connectivity index (χ2n) is 7.03. The van der Waals surface area contributed by atoms with Crippen LogP contribution >= 0.6 is 0 Å². The number of methoxy groups -OCH3 is 1. The molecule has 168 valence electrons. The number of hydrogen-bond acceptors (Lipinski definition) is 5. The smallest absolute Gasteiger partial charge is 0.255 e. The summed E-state index contributed by atoms with van der Waals surface area (Å²) in [4.78, 5) is 26.9. The Morgan fingerprint density at radius 1 is 1.03 bits per heavy atom. The molecule has 0 fully saturated rings. The van der Waals surface area contributed by atoms with Gasteiger partial charge >= 0.3 is 0 Å². The molecule has 0 atom stereocenters. The molecule has 2 aromatic rings. The van der Waals surface area contributed by atoms with Crippen LogP contribution in [0.2, 0.25) is 0 Å². The fourth-order valence-corrected chi connectivity index (χ4v) is 3.07. The first-order valence-corrected chi connectivity index (χ1v) is 10.7. The fraction of sp³-hybridized carbons (Fsp3) is 0.417. The predicted octanol–water partition coefficient (Wildman–Crippen LogP) is 3.31. The van der Waals surface area contributed by atoms with E-state index in [1.54, 1.807) is 18.2 Å². The summed E-state index contributed by atoms with van der Waals surface area (Å²) in [5, 5.41) is 5.73. The quantitative estimate of drug-likeness (QED) is 0.480. The number of nitrogens with one attached hydrogen (secondary N) is 2. The van der Waals surface area contributed by atoms with Crippen molar-refractivity contribution < 1.29 is 19.1 Å². The van der Waals surface area contributed by atoms with E-state index in [0.29, 0.717) is 36.8 Å². The summed E-state index contributed by atoms with van der Waals surface area (Å²) < 4.78 is 10.9. The number of carbonyl (C=O) groups is 2. The summed E-state index contributed by atoms with van der Waals surface area (Å²) in [6, 6.07) is 14.8. The number of anilines is 1. The Labute approximate surface area is 184 Å². The summed E-state index contributed by atoms with van der Waals surface area (Å²) in [7, 11) is 1.50. The van der Waals surface area contributed by atoms with Gasteiger partial charge in [-0.3, -0.25) is 9.59 Å². The number of ether oxygens (including phenoxy) is 2. The number of nitrogens with zero attached hydrogens (tertiary/aromatic N) is 1. The second-order valence-corrected chi connectivity index (χ2v) is 7.03. The van der Waals surface area contributed by atoms with Crippen LogP contribution in [0, 0.1) is 0 Å². The lowest BCUT2D eigenvalue weighted by Crippen LogP contribution is -2.34. The Kier molecular flexibility index (Phi) is 10.5. The normalized spacial score (nSPS) is 10.7. The summed E-state index contributed by atoms with van der Waals surface area (Å²) >= 11 is 0. The number of amides is 2. The maximum absolute atomic E-state index is 12.5. The van der Waals surface area contributed by atoms with Crippen molar-refractivity contribution in [3.8, 4) is 5.75 Å². The fourth-order valence-electron chi connectivity index (χ4n) is 3.07. The highest BCUT2D eigenvalue weighted by Gasteiger charge is 2.14. The molecule has 0 aliphatic heterocycles. The van der Waals surface area contributed by atoms with Gasteiger partial charge in [-0.05, 0) is 30.8 Å². The first kappa shape index (κ1) is 24.4. The molecule has 2 amide bonds. The van der Waals surface area contributed by atoms with Crippen molar-refractivity contribution in [3.63, 3.8) is 0 Å². The number of rotatable bonds is 13. The third-order valence-electron chi connectivity index (χ3n) is 4.92. The molecule has 7 nitrogen and oxygen atoms in total. The average Bonchev–Trinajstić information content (AvgIpc) is 2.80. The van der Waals surface area contributed by atoms with Crippen molar-refractivity contribution in [2.75, 3.05) is 45.2 Å². The van der Waals surface area contributed by atoms with Gasteiger partial charge in [0.25, 0.3) is 5.91 Å². The van der Waals surface area contributed by atoms with Crippen LogP contribution in [0.1, 0.15) is 36.2 Å². The topological polar surface area (TPSA) is 79.9 Å². The molecule has 0 aliphatic carbocycles. The van der Waals surface area contributed by atoms with E-state index >= 15 is 0 Å². The van der Waals surface area contributed by atoms with Crippen LogP contribution < -0.4 is 15.4 Å². The van der Waals surface area contributed by atoms with Crippen LogP contribution in [-0.4, -0.2) is 56.6 Å². The molecule has 0 heterocycles. The van der Waals surface area contributed by atoms with Gasteiger partial charge in [-0.25, -0.2) is 0 Å². The number of hydrogen-bond donors (Lipinski definition) is 2. The van der Waals surface area contributed by atoms with Gasteiger partial charge in [-0.15, -0.1) is 0 Å². The van der Waals surface area contributed by atoms with Crippen molar-refractivity contribution in [1.82, 2.24) is 10.2 Å². The third-order valence-corrected chi connectivity index (χ3v) is 4.92. The second kappa shape index (κ2) is 13.4. The van der Waals surface area contributed by atoms with E-state index < -0.39 is 0 Å². The highest BCUT2D eigenvalue weighted by molar-refractivity contribution is 5.98. The Hall–Kier alpha value is -2.90. The van der Waals surface area contributed by atoms with Crippen molar-refractivity contribution >= 4 is 17.5 Å². The molecular weight excluding hydrogens is 394 g/mol. The summed E-state index contributed by atoms with van der Waals surface area (Å²) in [6.45, 7) is 8.23.